The van der Waals surface area contributed by atoms with Crippen molar-refractivity contribution in [3.8, 4) is 5.75 Å². The van der Waals surface area contributed by atoms with Crippen molar-refractivity contribution in [1.82, 2.24) is 0 Å². The number of methoxy groups -OCH3 is 1. The molecule has 0 bridgehead atoms. The number of fused-ring (bicyclic) bond motifs is 1. The lowest BCUT2D eigenvalue weighted by Gasteiger charge is -2.23. The Hall–Kier alpha value is -2.42. The van der Waals surface area contributed by atoms with E-state index in [9.17, 15) is 9.59 Å². The van der Waals surface area contributed by atoms with E-state index in [2.05, 4.69) is 0 Å². The fourth-order valence-electron chi connectivity index (χ4n) is 2.93. The molecule has 22 heavy (non-hydrogen) atoms. The number of ether oxygens (including phenoxy) is 1. The smallest absolute Gasteiger partial charge is 0.173 e. The summed E-state index contributed by atoms with van der Waals surface area (Å²) in [6.07, 6.45) is 1.28. The third kappa shape index (κ3) is 2.54. The second-order valence-electron chi connectivity index (χ2n) is 5.71. The fourth-order valence-corrected chi connectivity index (χ4v) is 2.93. The number of Topliss-reactive ketones (excluding diaryl/α,β-unsaturated/α-hetero) is 2. The molecule has 1 atom stereocenters. The van der Waals surface area contributed by atoms with Crippen LogP contribution < -0.4 is 4.74 Å². The molecule has 0 amide bonds. The van der Waals surface area contributed by atoms with E-state index in [-0.39, 0.29) is 11.6 Å². The lowest BCUT2D eigenvalue weighted by molar-refractivity contribution is 0.0790. The standard InChI is InChI=1S/C19H18O3/c1-12-3-5-13(6-4-12)18(20)17-9-7-14-11-15(22-2)8-10-16(14)19(17)21/h3-6,8,10-11,17H,7,9H2,1-2H3. The molecule has 0 saturated heterocycles. The maximum Gasteiger partial charge on any atom is 0.173 e. The van der Waals surface area contributed by atoms with Gasteiger partial charge in [0, 0.05) is 11.1 Å². The average molecular weight is 294 g/mol. The van der Waals surface area contributed by atoms with Crippen LogP contribution in [0.15, 0.2) is 42.5 Å². The van der Waals surface area contributed by atoms with Gasteiger partial charge in [-0.05, 0) is 43.5 Å². The van der Waals surface area contributed by atoms with Gasteiger partial charge in [-0.3, -0.25) is 9.59 Å². The van der Waals surface area contributed by atoms with Gasteiger partial charge in [-0.25, -0.2) is 0 Å². The summed E-state index contributed by atoms with van der Waals surface area (Å²) in [6.45, 7) is 1.98. The quantitative estimate of drug-likeness (QED) is 0.641. The number of aryl methyl sites for hydroxylation is 2. The largest absolute Gasteiger partial charge is 0.497 e. The number of carbonyl (C=O) groups excluding carboxylic acids is 2. The first-order valence-electron chi connectivity index (χ1n) is 7.42. The Morgan fingerprint density at radius 2 is 1.86 bits per heavy atom. The highest BCUT2D eigenvalue weighted by atomic mass is 16.5. The van der Waals surface area contributed by atoms with Gasteiger partial charge in [-0.1, -0.05) is 29.8 Å². The van der Waals surface area contributed by atoms with Crippen LogP contribution in [0.5, 0.6) is 5.75 Å². The number of benzene rings is 2. The maximum atomic E-state index is 12.6. The summed E-state index contributed by atoms with van der Waals surface area (Å²) in [4.78, 5) is 25.2. The zero-order chi connectivity index (χ0) is 15.7. The Balaban J connectivity index is 1.89. The van der Waals surface area contributed by atoms with Crippen LogP contribution in [-0.4, -0.2) is 18.7 Å². The van der Waals surface area contributed by atoms with Crippen molar-refractivity contribution in [3.05, 3.63) is 64.7 Å². The highest BCUT2D eigenvalue weighted by molar-refractivity contribution is 6.17. The Kier molecular flexibility index (Phi) is 3.80. The number of hydrogen-bond donors (Lipinski definition) is 0. The SMILES string of the molecule is COc1ccc2c(c1)CCC(C(=O)c1ccc(C)cc1)C2=O. The molecule has 112 valence electrons. The molecule has 0 N–H and O–H groups in total. The number of hydrogen-bond acceptors (Lipinski definition) is 3. The van der Waals surface area contributed by atoms with Gasteiger partial charge in [0.2, 0.25) is 0 Å². The van der Waals surface area contributed by atoms with Gasteiger partial charge in [0.15, 0.2) is 11.6 Å². The summed E-state index contributed by atoms with van der Waals surface area (Å²) in [6, 6.07) is 12.8. The van der Waals surface area contributed by atoms with Gasteiger partial charge in [-0.2, -0.15) is 0 Å². The molecule has 3 heteroatoms. The predicted molar refractivity (Wildman–Crippen MR) is 84.6 cm³/mol. The van der Waals surface area contributed by atoms with E-state index in [0.717, 1.165) is 23.3 Å². The minimum atomic E-state index is -0.566. The molecule has 0 spiro atoms. The molecule has 2 aromatic rings. The Bertz CT molecular complexity index is 729. The Morgan fingerprint density at radius 3 is 2.55 bits per heavy atom. The number of ketones is 2. The van der Waals surface area contributed by atoms with Crippen molar-refractivity contribution in [1.29, 1.82) is 0 Å². The van der Waals surface area contributed by atoms with E-state index < -0.39 is 5.92 Å². The van der Waals surface area contributed by atoms with Crippen LogP contribution >= 0.6 is 0 Å². The van der Waals surface area contributed by atoms with Gasteiger partial charge in [0.1, 0.15) is 5.75 Å². The van der Waals surface area contributed by atoms with Crippen LogP contribution in [0.2, 0.25) is 0 Å². The molecule has 1 aliphatic carbocycles. The minimum Gasteiger partial charge on any atom is -0.497 e. The van der Waals surface area contributed by atoms with Gasteiger partial charge in [0.25, 0.3) is 0 Å². The number of carbonyl (C=O) groups is 2. The van der Waals surface area contributed by atoms with Crippen molar-refractivity contribution < 1.29 is 14.3 Å². The van der Waals surface area contributed by atoms with Crippen LogP contribution in [0, 0.1) is 12.8 Å². The van der Waals surface area contributed by atoms with Gasteiger partial charge in [-0.15, -0.1) is 0 Å². The molecular formula is C19H18O3. The van der Waals surface area contributed by atoms with E-state index in [1.165, 1.54) is 0 Å². The molecule has 0 fully saturated rings. The van der Waals surface area contributed by atoms with Crippen LogP contribution in [0.1, 0.15) is 38.3 Å². The second kappa shape index (κ2) is 5.76. The Labute approximate surface area is 129 Å². The zero-order valence-corrected chi connectivity index (χ0v) is 12.8. The molecule has 0 aromatic heterocycles. The predicted octanol–water partition coefficient (Wildman–Crippen LogP) is 3.63. The lowest BCUT2D eigenvalue weighted by Crippen LogP contribution is -2.29. The summed E-state index contributed by atoms with van der Waals surface area (Å²) < 4.78 is 5.19. The third-order valence-corrected chi connectivity index (χ3v) is 4.25. The normalized spacial score (nSPS) is 17.0. The monoisotopic (exact) mass is 294 g/mol. The summed E-state index contributed by atoms with van der Waals surface area (Å²) in [7, 11) is 1.61. The van der Waals surface area contributed by atoms with Crippen molar-refractivity contribution in [3.63, 3.8) is 0 Å². The van der Waals surface area contributed by atoms with Crippen molar-refractivity contribution in [2.24, 2.45) is 5.92 Å². The molecular weight excluding hydrogens is 276 g/mol. The zero-order valence-electron chi connectivity index (χ0n) is 12.8. The van der Waals surface area contributed by atoms with Gasteiger partial charge >= 0.3 is 0 Å². The highest BCUT2D eigenvalue weighted by Gasteiger charge is 2.33. The van der Waals surface area contributed by atoms with E-state index in [4.69, 9.17) is 4.74 Å². The molecule has 0 saturated carbocycles. The molecule has 2 aromatic carbocycles. The summed E-state index contributed by atoms with van der Waals surface area (Å²) >= 11 is 0. The molecule has 3 nitrogen and oxygen atoms in total. The third-order valence-electron chi connectivity index (χ3n) is 4.25. The van der Waals surface area contributed by atoms with E-state index in [1.807, 2.05) is 25.1 Å². The average Bonchev–Trinajstić information content (AvgIpc) is 2.55. The summed E-state index contributed by atoms with van der Waals surface area (Å²) in [5.74, 6) is 0.0272. The molecule has 1 unspecified atom stereocenters. The summed E-state index contributed by atoms with van der Waals surface area (Å²) in [5.41, 5.74) is 3.33. The molecule has 0 radical (unpaired) electrons. The van der Waals surface area contributed by atoms with Gasteiger partial charge < -0.3 is 4.74 Å². The van der Waals surface area contributed by atoms with Crippen LogP contribution in [-0.2, 0) is 6.42 Å². The Morgan fingerprint density at radius 1 is 1.14 bits per heavy atom. The summed E-state index contributed by atoms with van der Waals surface area (Å²) in [5, 5.41) is 0. The van der Waals surface area contributed by atoms with Crippen LogP contribution in [0.3, 0.4) is 0 Å². The molecule has 3 rings (SSSR count). The van der Waals surface area contributed by atoms with Crippen molar-refractivity contribution >= 4 is 11.6 Å². The van der Waals surface area contributed by atoms with E-state index in [0.29, 0.717) is 17.5 Å². The molecule has 0 heterocycles. The van der Waals surface area contributed by atoms with Gasteiger partial charge in [0.05, 0.1) is 13.0 Å². The maximum absolute atomic E-state index is 12.6. The van der Waals surface area contributed by atoms with Crippen molar-refractivity contribution in [2.45, 2.75) is 19.8 Å². The van der Waals surface area contributed by atoms with Crippen LogP contribution in [0.4, 0.5) is 0 Å². The molecule has 0 aliphatic heterocycles. The molecule has 1 aliphatic rings. The minimum absolute atomic E-state index is 0.0746. The first-order valence-corrected chi connectivity index (χ1v) is 7.42. The van der Waals surface area contributed by atoms with E-state index in [1.54, 1.807) is 31.4 Å². The fraction of sp³-hybridized carbons (Fsp3) is 0.263. The van der Waals surface area contributed by atoms with Crippen molar-refractivity contribution in [2.75, 3.05) is 7.11 Å². The van der Waals surface area contributed by atoms with E-state index >= 15 is 0 Å². The topological polar surface area (TPSA) is 43.4 Å². The number of rotatable bonds is 3. The lowest BCUT2D eigenvalue weighted by atomic mass is 9.79. The second-order valence-corrected chi connectivity index (χ2v) is 5.71. The first kappa shape index (κ1) is 14.5. The van der Waals surface area contributed by atoms with Crippen LogP contribution in [0.25, 0.3) is 0 Å². The highest BCUT2D eigenvalue weighted by Crippen LogP contribution is 2.30. The first-order chi connectivity index (χ1) is 10.6.